The number of carbonyl (C=O) groups excluding carboxylic acids is 2. The average Bonchev–Trinajstić information content (AvgIpc) is 2.83. The first-order chi connectivity index (χ1) is 16.7. The number of amides is 2. The highest BCUT2D eigenvalue weighted by Crippen LogP contribution is 2.30. The predicted molar refractivity (Wildman–Crippen MR) is 136 cm³/mol. The van der Waals surface area contributed by atoms with Crippen molar-refractivity contribution in [3.8, 4) is 16.9 Å². The second-order valence-corrected chi connectivity index (χ2v) is 8.73. The Hall–Kier alpha value is -3.65. The summed E-state index contributed by atoms with van der Waals surface area (Å²) in [5.41, 5.74) is 1.56. The third kappa shape index (κ3) is 6.48. The highest BCUT2D eigenvalue weighted by Gasteiger charge is 2.29. The third-order valence-electron chi connectivity index (χ3n) is 5.82. The number of nitrogens with one attached hydrogen (secondary N) is 1. The van der Waals surface area contributed by atoms with Gasteiger partial charge in [-0.15, -0.1) is 0 Å². The minimum Gasteiger partial charge on any atom is -0.481 e. The number of rotatable bonds is 10. The minimum absolute atomic E-state index is 0.196. The third-order valence-corrected chi connectivity index (χ3v) is 5.82. The van der Waals surface area contributed by atoms with Crippen LogP contribution in [0.15, 0.2) is 63.8 Å². The first-order valence-corrected chi connectivity index (χ1v) is 11.7. The smallest absolute Gasteiger partial charge is 0.336 e. The van der Waals surface area contributed by atoms with Crippen LogP contribution in [0, 0.1) is 0 Å². The summed E-state index contributed by atoms with van der Waals surface area (Å²) < 4.78 is 11.3. The average molecular weight is 480 g/mol. The van der Waals surface area contributed by atoms with Gasteiger partial charge in [0.1, 0.15) is 17.4 Å². The van der Waals surface area contributed by atoms with Crippen LogP contribution in [0.25, 0.3) is 22.1 Å². The van der Waals surface area contributed by atoms with Crippen molar-refractivity contribution in [2.24, 2.45) is 0 Å². The van der Waals surface area contributed by atoms with Crippen molar-refractivity contribution in [1.82, 2.24) is 15.1 Å². The van der Waals surface area contributed by atoms with E-state index in [1.807, 2.05) is 62.3 Å². The summed E-state index contributed by atoms with van der Waals surface area (Å²) in [6.07, 6.45) is -0.364. The first-order valence-electron chi connectivity index (χ1n) is 11.7. The molecule has 0 bridgehead atoms. The zero-order valence-electron chi connectivity index (χ0n) is 20.9. The van der Waals surface area contributed by atoms with Crippen molar-refractivity contribution < 1.29 is 18.7 Å². The van der Waals surface area contributed by atoms with E-state index in [1.165, 1.54) is 11.0 Å². The molecule has 0 saturated heterocycles. The van der Waals surface area contributed by atoms with Crippen LogP contribution in [0.5, 0.6) is 5.75 Å². The molecule has 0 spiro atoms. The molecule has 0 aliphatic carbocycles. The van der Waals surface area contributed by atoms with Gasteiger partial charge in [-0.2, -0.15) is 0 Å². The van der Waals surface area contributed by atoms with E-state index >= 15 is 0 Å². The molecule has 0 aliphatic heterocycles. The topological polar surface area (TPSA) is 92.1 Å². The number of fused-ring (bicyclic) bond motifs is 1. The van der Waals surface area contributed by atoms with Crippen molar-refractivity contribution in [2.45, 2.75) is 32.4 Å². The Bertz CT molecular complexity index is 1220. The lowest BCUT2D eigenvalue weighted by Gasteiger charge is -2.29. The van der Waals surface area contributed by atoms with Crippen molar-refractivity contribution in [3.05, 3.63) is 65.0 Å². The zero-order chi connectivity index (χ0) is 25.5. The normalized spacial score (nSPS) is 12.9. The predicted octanol–water partition coefficient (Wildman–Crippen LogP) is 3.14. The van der Waals surface area contributed by atoms with Gasteiger partial charge in [0, 0.05) is 37.7 Å². The number of nitrogens with zero attached hydrogens (tertiary/aromatic N) is 2. The molecular formula is C27H33N3O5. The molecule has 186 valence electrons. The fourth-order valence-electron chi connectivity index (χ4n) is 3.92. The van der Waals surface area contributed by atoms with Crippen LogP contribution in [0.4, 0.5) is 0 Å². The summed E-state index contributed by atoms with van der Waals surface area (Å²) in [6, 6.07) is 15.6. The number of likely N-dealkylation sites (N-methyl/N-ethyl adjacent to an activating group) is 2. The highest BCUT2D eigenvalue weighted by atomic mass is 16.5. The van der Waals surface area contributed by atoms with Crippen LogP contribution in [-0.4, -0.2) is 68.0 Å². The Morgan fingerprint density at radius 3 is 2.43 bits per heavy atom. The van der Waals surface area contributed by atoms with Gasteiger partial charge in [-0.3, -0.25) is 9.59 Å². The second-order valence-electron chi connectivity index (χ2n) is 8.73. The Labute approximate surface area is 205 Å². The van der Waals surface area contributed by atoms with Gasteiger partial charge < -0.3 is 24.3 Å². The molecule has 8 nitrogen and oxygen atoms in total. The Morgan fingerprint density at radius 2 is 1.77 bits per heavy atom. The monoisotopic (exact) mass is 479 g/mol. The summed E-state index contributed by atoms with van der Waals surface area (Å²) in [6.45, 7) is 4.71. The van der Waals surface area contributed by atoms with E-state index in [0.717, 1.165) is 16.5 Å². The molecule has 1 N–H and O–H groups in total. The molecule has 0 fully saturated rings. The minimum atomic E-state index is -0.842. The van der Waals surface area contributed by atoms with Crippen LogP contribution >= 0.6 is 0 Å². The summed E-state index contributed by atoms with van der Waals surface area (Å²) in [5.74, 6) is -0.124. The molecule has 1 aromatic heterocycles. The van der Waals surface area contributed by atoms with Crippen molar-refractivity contribution in [2.75, 3.05) is 34.2 Å². The van der Waals surface area contributed by atoms with Gasteiger partial charge in [-0.05, 0) is 50.7 Å². The van der Waals surface area contributed by atoms with E-state index in [0.29, 0.717) is 30.8 Å². The fraction of sp³-hybridized carbons (Fsp3) is 0.370. The van der Waals surface area contributed by atoms with Gasteiger partial charge in [0.05, 0.1) is 0 Å². The number of ether oxygens (including phenoxy) is 1. The highest BCUT2D eigenvalue weighted by molar-refractivity contribution is 5.94. The van der Waals surface area contributed by atoms with E-state index < -0.39 is 17.8 Å². The van der Waals surface area contributed by atoms with Gasteiger partial charge in [-0.1, -0.05) is 37.3 Å². The molecular weight excluding hydrogens is 446 g/mol. The van der Waals surface area contributed by atoms with E-state index in [9.17, 15) is 14.4 Å². The molecule has 0 unspecified atom stereocenters. The lowest BCUT2D eigenvalue weighted by atomic mass is 10.0. The molecule has 35 heavy (non-hydrogen) atoms. The first kappa shape index (κ1) is 26.0. The molecule has 2 amide bonds. The second kappa shape index (κ2) is 11.7. The summed E-state index contributed by atoms with van der Waals surface area (Å²) in [5, 5.41) is 3.64. The van der Waals surface area contributed by atoms with E-state index in [1.54, 1.807) is 26.1 Å². The number of benzene rings is 2. The number of carbonyl (C=O) groups is 2. The van der Waals surface area contributed by atoms with Gasteiger partial charge in [0.25, 0.3) is 5.91 Å². The zero-order valence-corrected chi connectivity index (χ0v) is 20.9. The van der Waals surface area contributed by atoms with Gasteiger partial charge >= 0.3 is 5.63 Å². The molecule has 8 heteroatoms. The maximum Gasteiger partial charge on any atom is 0.336 e. The lowest BCUT2D eigenvalue weighted by Crippen LogP contribution is -2.51. The van der Waals surface area contributed by atoms with Gasteiger partial charge in [-0.25, -0.2) is 4.79 Å². The van der Waals surface area contributed by atoms with E-state index in [-0.39, 0.29) is 11.8 Å². The van der Waals surface area contributed by atoms with Crippen LogP contribution in [-0.2, 0) is 9.59 Å². The largest absolute Gasteiger partial charge is 0.481 e. The maximum absolute atomic E-state index is 13.0. The standard InChI is InChI=1S/C27H33N3O5/c1-6-23(26(32)28-14-15-29(3)4)30(5)27(33)18(2)34-20-12-13-21-22(19-10-8-7-9-11-19)17-25(31)35-24(21)16-20/h7-13,16-18,23H,6,14-15H2,1-5H3,(H,28,32)/t18-,23+/m1/s1. The Balaban J connectivity index is 1.75. The molecule has 1 heterocycles. The van der Waals surface area contributed by atoms with Crippen molar-refractivity contribution >= 4 is 22.8 Å². The quantitative estimate of drug-likeness (QED) is 0.449. The van der Waals surface area contributed by atoms with Crippen molar-refractivity contribution in [1.29, 1.82) is 0 Å². The van der Waals surface area contributed by atoms with Crippen LogP contribution in [0.2, 0.25) is 0 Å². The molecule has 3 rings (SSSR count). The van der Waals surface area contributed by atoms with Gasteiger partial charge in [0.2, 0.25) is 5.91 Å². The fourth-order valence-corrected chi connectivity index (χ4v) is 3.92. The van der Waals surface area contributed by atoms with Crippen LogP contribution in [0.3, 0.4) is 0 Å². The SMILES string of the molecule is CC[C@@H](C(=O)NCCN(C)C)N(C)C(=O)[C@@H](C)Oc1ccc2c(-c3ccccc3)cc(=O)oc2c1. The Kier molecular flexibility index (Phi) is 8.65. The number of hydrogen-bond donors (Lipinski definition) is 1. The van der Waals surface area contributed by atoms with E-state index in [2.05, 4.69) is 5.32 Å². The summed E-state index contributed by atoms with van der Waals surface area (Å²) >= 11 is 0. The molecule has 2 atom stereocenters. The van der Waals surface area contributed by atoms with Crippen molar-refractivity contribution in [3.63, 3.8) is 0 Å². The van der Waals surface area contributed by atoms with Crippen LogP contribution in [0.1, 0.15) is 20.3 Å². The summed E-state index contributed by atoms with van der Waals surface area (Å²) in [7, 11) is 5.46. The molecule has 0 saturated carbocycles. The van der Waals surface area contributed by atoms with Crippen LogP contribution < -0.4 is 15.7 Å². The molecule has 0 aliphatic rings. The van der Waals surface area contributed by atoms with Gasteiger partial charge in [0.15, 0.2) is 6.10 Å². The molecule has 3 aromatic rings. The lowest BCUT2D eigenvalue weighted by molar-refractivity contribution is -0.144. The molecule has 0 radical (unpaired) electrons. The number of hydrogen-bond acceptors (Lipinski definition) is 6. The maximum atomic E-state index is 13.0. The molecule has 2 aromatic carbocycles. The Morgan fingerprint density at radius 1 is 1.06 bits per heavy atom. The van der Waals surface area contributed by atoms with E-state index in [4.69, 9.17) is 9.15 Å². The summed E-state index contributed by atoms with van der Waals surface area (Å²) in [4.78, 5) is 41.2.